The predicted octanol–water partition coefficient (Wildman–Crippen LogP) is 2.43. The number of nitrogens with zero attached hydrogens (tertiary/aromatic N) is 1. The predicted molar refractivity (Wildman–Crippen MR) is 68.2 cm³/mol. The minimum atomic E-state index is 0.00866. The number of nitrogen functional groups attached to an aromatic ring is 1. The van der Waals surface area contributed by atoms with Gasteiger partial charge in [-0.15, -0.1) is 0 Å². The van der Waals surface area contributed by atoms with E-state index in [-0.39, 0.29) is 5.91 Å². The fourth-order valence-electron chi connectivity index (χ4n) is 1.72. The monoisotopic (exact) mass is 280 g/mol. The number of halogens is 1. The Labute approximate surface area is 103 Å². The van der Waals surface area contributed by atoms with Crippen LogP contribution in [0.15, 0.2) is 34.8 Å². The molecule has 1 aliphatic rings. The van der Waals surface area contributed by atoms with Crippen molar-refractivity contribution in [2.24, 2.45) is 0 Å². The van der Waals surface area contributed by atoms with Gasteiger partial charge in [0.25, 0.3) is 5.91 Å². The van der Waals surface area contributed by atoms with Crippen molar-refractivity contribution in [3.63, 3.8) is 0 Å². The van der Waals surface area contributed by atoms with E-state index < -0.39 is 0 Å². The largest absolute Gasteiger partial charge is 0.398 e. The van der Waals surface area contributed by atoms with Crippen LogP contribution in [0.4, 0.5) is 5.69 Å². The van der Waals surface area contributed by atoms with Crippen molar-refractivity contribution in [1.29, 1.82) is 0 Å². The lowest BCUT2D eigenvalue weighted by Crippen LogP contribution is -2.34. The number of rotatable bonds is 1. The number of benzene rings is 1. The summed E-state index contributed by atoms with van der Waals surface area (Å²) in [6, 6.07) is 5.36. The van der Waals surface area contributed by atoms with Crippen LogP contribution in [0.3, 0.4) is 0 Å². The van der Waals surface area contributed by atoms with E-state index in [0.29, 0.717) is 17.8 Å². The fourth-order valence-corrected chi connectivity index (χ4v) is 2.10. The van der Waals surface area contributed by atoms with E-state index >= 15 is 0 Å². The number of hydrogen-bond donors (Lipinski definition) is 1. The van der Waals surface area contributed by atoms with Gasteiger partial charge in [0, 0.05) is 23.2 Å². The van der Waals surface area contributed by atoms with Gasteiger partial charge in [0.15, 0.2) is 0 Å². The molecule has 0 saturated heterocycles. The molecule has 0 spiro atoms. The first-order chi connectivity index (χ1) is 7.68. The molecular weight excluding hydrogens is 268 g/mol. The van der Waals surface area contributed by atoms with Crippen molar-refractivity contribution in [3.05, 3.63) is 40.4 Å². The maximum absolute atomic E-state index is 12.1. The second-order valence-corrected chi connectivity index (χ2v) is 4.66. The lowest BCUT2D eigenvalue weighted by molar-refractivity contribution is 0.0772. The summed E-state index contributed by atoms with van der Waals surface area (Å²) in [5.74, 6) is 0.00866. The van der Waals surface area contributed by atoms with Gasteiger partial charge in [-0.1, -0.05) is 28.1 Å². The number of carbonyl (C=O) groups excluding carboxylic acids is 1. The summed E-state index contributed by atoms with van der Waals surface area (Å²) in [4.78, 5) is 13.9. The van der Waals surface area contributed by atoms with Gasteiger partial charge in [-0.25, -0.2) is 0 Å². The Morgan fingerprint density at radius 3 is 2.81 bits per heavy atom. The van der Waals surface area contributed by atoms with E-state index in [2.05, 4.69) is 22.0 Å². The van der Waals surface area contributed by atoms with Gasteiger partial charge in [-0.3, -0.25) is 4.79 Å². The number of amides is 1. The molecule has 0 aromatic heterocycles. The first-order valence-corrected chi connectivity index (χ1v) is 5.97. The van der Waals surface area contributed by atoms with E-state index in [1.165, 1.54) is 0 Å². The molecule has 0 bridgehead atoms. The molecule has 0 saturated carbocycles. The Morgan fingerprint density at radius 1 is 1.38 bits per heavy atom. The molecule has 0 atom stereocenters. The molecule has 84 valence electrons. The molecule has 16 heavy (non-hydrogen) atoms. The molecular formula is C12H13BrN2O. The average molecular weight is 281 g/mol. The SMILES string of the molecule is Nc1cc(Br)ccc1C(=O)N1CC=CCC1. The van der Waals surface area contributed by atoms with Crippen LogP contribution >= 0.6 is 15.9 Å². The van der Waals surface area contributed by atoms with Crippen molar-refractivity contribution in [3.8, 4) is 0 Å². The van der Waals surface area contributed by atoms with Crippen LogP contribution in [-0.2, 0) is 0 Å². The van der Waals surface area contributed by atoms with Crippen molar-refractivity contribution in [2.75, 3.05) is 18.8 Å². The molecule has 1 amide bonds. The minimum Gasteiger partial charge on any atom is -0.398 e. The zero-order chi connectivity index (χ0) is 11.5. The lowest BCUT2D eigenvalue weighted by atomic mass is 10.1. The van der Waals surface area contributed by atoms with Gasteiger partial charge in [0.2, 0.25) is 0 Å². The molecule has 0 radical (unpaired) electrons. The second kappa shape index (κ2) is 4.70. The number of hydrogen-bond acceptors (Lipinski definition) is 2. The van der Waals surface area contributed by atoms with Crippen LogP contribution in [0.2, 0.25) is 0 Å². The van der Waals surface area contributed by atoms with Crippen molar-refractivity contribution < 1.29 is 4.79 Å². The molecule has 1 aliphatic heterocycles. The van der Waals surface area contributed by atoms with E-state index in [4.69, 9.17) is 5.73 Å². The minimum absolute atomic E-state index is 0.00866. The van der Waals surface area contributed by atoms with Crippen LogP contribution in [0.25, 0.3) is 0 Å². The highest BCUT2D eigenvalue weighted by Gasteiger charge is 2.17. The average Bonchev–Trinajstić information content (AvgIpc) is 2.29. The van der Waals surface area contributed by atoms with Gasteiger partial charge in [-0.2, -0.15) is 0 Å². The van der Waals surface area contributed by atoms with E-state index in [0.717, 1.165) is 17.4 Å². The van der Waals surface area contributed by atoms with Gasteiger partial charge < -0.3 is 10.6 Å². The molecule has 0 aliphatic carbocycles. The Hall–Kier alpha value is -1.29. The summed E-state index contributed by atoms with van der Waals surface area (Å²) in [7, 11) is 0. The maximum Gasteiger partial charge on any atom is 0.256 e. The van der Waals surface area contributed by atoms with Gasteiger partial charge in [-0.05, 0) is 24.6 Å². The van der Waals surface area contributed by atoms with Crippen molar-refractivity contribution in [1.82, 2.24) is 4.90 Å². The van der Waals surface area contributed by atoms with Crippen molar-refractivity contribution >= 4 is 27.5 Å². The molecule has 2 N–H and O–H groups in total. The Bertz CT molecular complexity index is 443. The van der Waals surface area contributed by atoms with Gasteiger partial charge in [0.1, 0.15) is 0 Å². The molecule has 0 fully saturated rings. The maximum atomic E-state index is 12.1. The highest BCUT2D eigenvalue weighted by Crippen LogP contribution is 2.20. The van der Waals surface area contributed by atoms with Crippen molar-refractivity contribution in [2.45, 2.75) is 6.42 Å². The van der Waals surface area contributed by atoms with Gasteiger partial charge in [0.05, 0.1) is 5.56 Å². The summed E-state index contributed by atoms with van der Waals surface area (Å²) >= 11 is 3.33. The number of carbonyl (C=O) groups is 1. The highest BCUT2D eigenvalue weighted by molar-refractivity contribution is 9.10. The number of nitrogens with two attached hydrogens (primary N) is 1. The third-order valence-electron chi connectivity index (χ3n) is 2.59. The smallest absolute Gasteiger partial charge is 0.256 e. The summed E-state index contributed by atoms with van der Waals surface area (Å²) < 4.78 is 0.889. The number of anilines is 1. The quantitative estimate of drug-likeness (QED) is 0.634. The molecule has 4 heteroatoms. The Morgan fingerprint density at radius 2 is 2.19 bits per heavy atom. The zero-order valence-electron chi connectivity index (χ0n) is 8.82. The summed E-state index contributed by atoms with van der Waals surface area (Å²) in [5, 5.41) is 0. The van der Waals surface area contributed by atoms with Crippen LogP contribution in [0.5, 0.6) is 0 Å². The van der Waals surface area contributed by atoms with Crippen LogP contribution in [-0.4, -0.2) is 23.9 Å². The van der Waals surface area contributed by atoms with Crippen LogP contribution in [0, 0.1) is 0 Å². The molecule has 1 heterocycles. The first-order valence-electron chi connectivity index (χ1n) is 5.18. The summed E-state index contributed by atoms with van der Waals surface area (Å²) in [6.07, 6.45) is 5.02. The van der Waals surface area contributed by atoms with E-state index in [1.807, 2.05) is 12.1 Å². The molecule has 0 unspecified atom stereocenters. The molecule has 1 aromatic carbocycles. The fraction of sp³-hybridized carbons (Fsp3) is 0.250. The zero-order valence-corrected chi connectivity index (χ0v) is 10.4. The van der Waals surface area contributed by atoms with Gasteiger partial charge >= 0.3 is 0 Å². The van der Waals surface area contributed by atoms with E-state index in [9.17, 15) is 4.79 Å². The summed E-state index contributed by atoms with van der Waals surface area (Å²) in [6.45, 7) is 1.44. The van der Waals surface area contributed by atoms with E-state index in [1.54, 1.807) is 17.0 Å². The molecule has 1 aromatic rings. The standard InChI is InChI=1S/C12H13BrN2O/c13-9-4-5-10(11(14)8-9)12(16)15-6-2-1-3-7-15/h1-2,4-5,8H,3,6-7,14H2. The highest BCUT2D eigenvalue weighted by atomic mass is 79.9. The molecule has 3 nitrogen and oxygen atoms in total. The van der Waals surface area contributed by atoms with Crippen LogP contribution in [0.1, 0.15) is 16.8 Å². The normalized spacial score (nSPS) is 15.2. The first kappa shape index (κ1) is 11.2. The Balaban J connectivity index is 2.23. The third-order valence-corrected chi connectivity index (χ3v) is 3.08. The topological polar surface area (TPSA) is 46.3 Å². The Kier molecular flexibility index (Phi) is 3.29. The third kappa shape index (κ3) is 2.27. The lowest BCUT2D eigenvalue weighted by Gasteiger charge is -2.24. The molecule has 2 rings (SSSR count). The second-order valence-electron chi connectivity index (χ2n) is 3.74. The summed E-state index contributed by atoms with van der Waals surface area (Å²) in [5.41, 5.74) is 6.94. The van der Waals surface area contributed by atoms with Crippen LogP contribution < -0.4 is 5.73 Å².